The summed E-state index contributed by atoms with van der Waals surface area (Å²) in [7, 11) is 0. The van der Waals surface area contributed by atoms with Gasteiger partial charge in [-0.15, -0.1) is 15.3 Å². The Morgan fingerprint density at radius 3 is 2.92 bits per heavy atom. The van der Waals surface area contributed by atoms with E-state index in [1.807, 2.05) is 19.1 Å². The van der Waals surface area contributed by atoms with Crippen molar-refractivity contribution in [1.82, 2.24) is 25.1 Å². The number of halogens is 1. The topological polar surface area (TPSA) is 75.4 Å². The molecule has 1 aromatic carbocycles. The highest BCUT2D eigenvalue weighted by atomic mass is 19.1. The molecule has 0 radical (unpaired) electrons. The highest BCUT2D eigenvalue weighted by Gasteiger charge is 2.26. The van der Waals surface area contributed by atoms with Gasteiger partial charge in [-0.2, -0.15) is 4.52 Å². The Bertz CT molecular complexity index is 940. The fourth-order valence-electron chi connectivity index (χ4n) is 3.05. The molecule has 7 nitrogen and oxygen atoms in total. The minimum absolute atomic E-state index is 0.0494. The van der Waals surface area contributed by atoms with Gasteiger partial charge in [-0.3, -0.25) is 4.79 Å². The fraction of sp³-hybridized carbons (Fsp3) is 0.294. The van der Waals surface area contributed by atoms with E-state index in [2.05, 4.69) is 25.5 Å². The van der Waals surface area contributed by atoms with E-state index < -0.39 is 5.82 Å². The van der Waals surface area contributed by atoms with E-state index in [0.29, 0.717) is 12.2 Å². The number of fused-ring (bicyclic) bond motifs is 1. The molecule has 1 N–H and O–H groups in total. The largest absolute Gasteiger partial charge is 0.353 e. The standard InChI is InChI=1S/C17H17FN6O/c1-11-20-21-15-6-7-16(22-24(11)15)23-9-8-12(10-23)19-17(25)13-4-2-3-5-14(13)18/h2-7,12H,8-10H2,1H3,(H,19,25). The lowest BCUT2D eigenvalue weighted by molar-refractivity contribution is 0.0936. The summed E-state index contributed by atoms with van der Waals surface area (Å²) in [5, 5.41) is 15.5. The number of rotatable bonds is 3. The average molecular weight is 340 g/mol. The van der Waals surface area contributed by atoms with Gasteiger partial charge >= 0.3 is 0 Å². The Morgan fingerprint density at radius 1 is 1.24 bits per heavy atom. The first-order valence-electron chi connectivity index (χ1n) is 8.11. The van der Waals surface area contributed by atoms with Crippen molar-refractivity contribution in [2.45, 2.75) is 19.4 Å². The van der Waals surface area contributed by atoms with Gasteiger partial charge in [0.2, 0.25) is 0 Å². The summed E-state index contributed by atoms with van der Waals surface area (Å²) in [6.45, 7) is 3.24. The molecule has 1 aliphatic heterocycles. The highest BCUT2D eigenvalue weighted by molar-refractivity contribution is 5.94. The monoisotopic (exact) mass is 340 g/mol. The normalized spacial score (nSPS) is 17.2. The van der Waals surface area contributed by atoms with Crippen LogP contribution in [0, 0.1) is 12.7 Å². The van der Waals surface area contributed by atoms with E-state index in [9.17, 15) is 9.18 Å². The zero-order valence-electron chi connectivity index (χ0n) is 13.7. The number of nitrogens with zero attached hydrogens (tertiary/aromatic N) is 5. The fourth-order valence-corrected chi connectivity index (χ4v) is 3.05. The van der Waals surface area contributed by atoms with Crippen LogP contribution in [-0.2, 0) is 0 Å². The molecule has 8 heteroatoms. The maximum atomic E-state index is 13.7. The van der Waals surface area contributed by atoms with Crippen LogP contribution in [0.5, 0.6) is 0 Å². The lowest BCUT2D eigenvalue weighted by Crippen LogP contribution is -2.37. The van der Waals surface area contributed by atoms with Crippen LogP contribution < -0.4 is 10.2 Å². The quantitative estimate of drug-likeness (QED) is 0.783. The van der Waals surface area contributed by atoms with Crippen LogP contribution in [0.4, 0.5) is 10.2 Å². The molecule has 128 valence electrons. The van der Waals surface area contributed by atoms with Gasteiger partial charge in [0.1, 0.15) is 11.6 Å². The zero-order valence-corrected chi connectivity index (χ0v) is 13.7. The van der Waals surface area contributed by atoms with Crippen molar-refractivity contribution in [3.05, 3.63) is 53.6 Å². The van der Waals surface area contributed by atoms with E-state index in [4.69, 9.17) is 0 Å². The van der Waals surface area contributed by atoms with Crippen LogP contribution in [0.3, 0.4) is 0 Å². The lowest BCUT2D eigenvalue weighted by atomic mass is 10.1. The van der Waals surface area contributed by atoms with E-state index in [-0.39, 0.29) is 17.5 Å². The van der Waals surface area contributed by atoms with Crippen LogP contribution in [0.15, 0.2) is 36.4 Å². The van der Waals surface area contributed by atoms with Crippen molar-refractivity contribution in [2.24, 2.45) is 0 Å². The predicted octanol–water partition coefficient (Wildman–Crippen LogP) is 1.58. The molecule has 1 unspecified atom stereocenters. The van der Waals surface area contributed by atoms with Gasteiger partial charge in [-0.25, -0.2) is 4.39 Å². The summed E-state index contributed by atoms with van der Waals surface area (Å²) >= 11 is 0. The maximum absolute atomic E-state index is 13.7. The van der Waals surface area contributed by atoms with E-state index in [1.54, 1.807) is 16.6 Å². The highest BCUT2D eigenvalue weighted by Crippen LogP contribution is 2.19. The van der Waals surface area contributed by atoms with Crippen molar-refractivity contribution in [3.8, 4) is 0 Å². The molecule has 1 atom stereocenters. The number of amides is 1. The number of carbonyl (C=O) groups is 1. The molecular weight excluding hydrogens is 323 g/mol. The molecule has 1 amide bonds. The summed E-state index contributed by atoms with van der Waals surface area (Å²) in [6.07, 6.45) is 0.779. The Kier molecular flexibility index (Phi) is 3.79. The second kappa shape index (κ2) is 6.12. The molecule has 2 aromatic heterocycles. The second-order valence-corrected chi connectivity index (χ2v) is 6.09. The van der Waals surface area contributed by atoms with E-state index in [0.717, 1.165) is 24.6 Å². The molecular formula is C17H17FN6O. The Balaban J connectivity index is 1.46. The molecule has 0 saturated carbocycles. The number of carbonyl (C=O) groups excluding carboxylic acids is 1. The number of anilines is 1. The minimum atomic E-state index is -0.509. The summed E-state index contributed by atoms with van der Waals surface area (Å²) in [5.41, 5.74) is 0.769. The van der Waals surface area contributed by atoms with E-state index in [1.165, 1.54) is 12.1 Å². The molecule has 4 rings (SSSR count). The molecule has 1 saturated heterocycles. The number of nitrogens with one attached hydrogen (secondary N) is 1. The molecule has 3 aromatic rings. The first-order valence-corrected chi connectivity index (χ1v) is 8.11. The number of hydrogen-bond acceptors (Lipinski definition) is 5. The third-order valence-electron chi connectivity index (χ3n) is 4.37. The molecule has 0 spiro atoms. The Hall–Kier alpha value is -3.03. The van der Waals surface area contributed by atoms with Gasteiger partial charge in [0.25, 0.3) is 5.91 Å². The van der Waals surface area contributed by atoms with Gasteiger partial charge in [0, 0.05) is 19.1 Å². The SMILES string of the molecule is Cc1nnc2ccc(N3CCC(NC(=O)c4ccccc4F)C3)nn12. The van der Waals surface area contributed by atoms with Gasteiger partial charge in [-0.1, -0.05) is 12.1 Å². The zero-order chi connectivity index (χ0) is 17.4. The predicted molar refractivity (Wildman–Crippen MR) is 90.0 cm³/mol. The summed E-state index contributed by atoms with van der Waals surface area (Å²) in [5.74, 6) is 0.631. The van der Waals surface area contributed by atoms with Gasteiger partial charge in [0.15, 0.2) is 11.5 Å². The van der Waals surface area contributed by atoms with Gasteiger partial charge in [0.05, 0.1) is 5.56 Å². The summed E-state index contributed by atoms with van der Waals surface area (Å²) in [4.78, 5) is 14.3. The van der Waals surface area contributed by atoms with E-state index >= 15 is 0 Å². The van der Waals surface area contributed by atoms with Gasteiger partial charge < -0.3 is 10.2 Å². The molecule has 0 bridgehead atoms. The van der Waals surface area contributed by atoms with Crippen LogP contribution >= 0.6 is 0 Å². The number of aromatic nitrogens is 4. The lowest BCUT2D eigenvalue weighted by Gasteiger charge is -2.18. The van der Waals surface area contributed by atoms with Crippen molar-refractivity contribution in [2.75, 3.05) is 18.0 Å². The molecule has 1 fully saturated rings. The minimum Gasteiger partial charge on any atom is -0.353 e. The van der Waals surface area contributed by atoms with Crippen molar-refractivity contribution in [1.29, 1.82) is 0 Å². The Labute approximate surface area is 143 Å². The maximum Gasteiger partial charge on any atom is 0.254 e. The van der Waals surface area contributed by atoms with Crippen molar-refractivity contribution >= 4 is 17.4 Å². The third kappa shape index (κ3) is 2.90. The second-order valence-electron chi connectivity index (χ2n) is 6.09. The molecule has 1 aliphatic rings. The smallest absolute Gasteiger partial charge is 0.254 e. The van der Waals surface area contributed by atoms with Crippen LogP contribution in [0.2, 0.25) is 0 Å². The number of aryl methyl sites for hydroxylation is 1. The average Bonchev–Trinajstić information content (AvgIpc) is 3.22. The molecule has 3 heterocycles. The van der Waals surface area contributed by atoms with Gasteiger partial charge in [-0.05, 0) is 37.6 Å². The molecule has 25 heavy (non-hydrogen) atoms. The van der Waals surface area contributed by atoms with Crippen molar-refractivity contribution < 1.29 is 9.18 Å². The number of hydrogen-bond donors (Lipinski definition) is 1. The molecule has 0 aliphatic carbocycles. The Morgan fingerprint density at radius 2 is 2.08 bits per heavy atom. The first-order chi connectivity index (χ1) is 12.1. The van der Waals surface area contributed by atoms with Crippen LogP contribution in [0.1, 0.15) is 22.6 Å². The third-order valence-corrected chi connectivity index (χ3v) is 4.37. The van der Waals surface area contributed by atoms with Crippen LogP contribution in [-0.4, -0.2) is 44.8 Å². The van der Waals surface area contributed by atoms with Crippen LogP contribution in [0.25, 0.3) is 5.65 Å². The number of benzene rings is 1. The summed E-state index contributed by atoms with van der Waals surface area (Å²) < 4.78 is 15.4. The summed E-state index contributed by atoms with van der Waals surface area (Å²) in [6, 6.07) is 9.71. The first kappa shape index (κ1) is 15.5. The van der Waals surface area contributed by atoms with Crippen molar-refractivity contribution in [3.63, 3.8) is 0 Å².